The molecule has 0 aliphatic carbocycles. The summed E-state index contributed by atoms with van der Waals surface area (Å²) in [5.74, 6) is -0.349. The third-order valence-corrected chi connectivity index (χ3v) is 2.21. The molecule has 0 aromatic heterocycles. The van der Waals surface area contributed by atoms with Gasteiger partial charge in [0.15, 0.2) is 0 Å². The first kappa shape index (κ1) is 12.4. The summed E-state index contributed by atoms with van der Waals surface area (Å²) in [7, 11) is 0.526. The van der Waals surface area contributed by atoms with E-state index in [0.29, 0.717) is 16.4 Å². The summed E-state index contributed by atoms with van der Waals surface area (Å²) in [6, 6.07) is 0.963. The first-order valence-electron chi connectivity index (χ1n) is 4.45. The normalized spacial score (nSPS) is 9.62. The zero-order valence-corrected chi connectivity index (χ0v) is 9.04. The third kappa shape index (κ3) is 9.30. The Hall–Kier alpha value is -0.613. The van der Waals surface area contributed by atoms with Crippen LogP contribution in [0.5, 0.6) is 0 Å². The third-order valence-electron chi connectivity index (χ3n) is 1.24. The van der Waals surface area contributed by atoms with E-state index in [1.165, 1.54) is 6.08 Å². The Kier molecular flexibility index (Phi) is 9.03. The number of esters is 1. The quantitative estimate of drug-likeness (QED) is 0.258. The summed E-state index contributed by atoms with van der Waals surface area (Å²) in [5, 5.41) is 0. The van der Waals surface area contributed by atoms with Crippen LogP contribution in [0, 0.1) is 0 Å². The monoisotopic (exact) mass is 200 g/mol. The largest absolute Gasteiger partial charge is 0.463 e. The lowest BCUT2D eigenvalue weighted by Gasteiger charge is -2.01. The van der Waals surface area contributed by atoms with Crippen molar-refractivity contribution in [2.75, 3.05) is 13.2 Å². The minimum atomic E-state index is -0.349. The molecule has 0 aliphatic heterocycles. The highest BCUT2D eigenvalue weighted by Crippen LogP contribution is 1.92. The van der Waals surface area contributed by atoms with Crippen LogP contribution in [0.2, 0.25) is 6.04 Å². The molecular formula is C9H16O3Si. The molecular weight excluding hydrogens is 184 g/mol. The van der Waals surface area contributed by atoms with Crippen LogP contribution in [0.4, 0.5) is 0 Å². The molecule has 0 bridgehead atoms. The van der Waals surface area contributed by atoms with Gasteiger partial charge in [0.1, 0.15) is 0 Å². The van der Waals surface area contributed by atoms with E-state index < -0.39 is 0 Å². The topological polar surface area (TPSA) is 35.5 Å². The van der Waals surface area contributed by atoms with Crippen molar-refractivity contribution in [2.24, 2.45) is 0 Å². The first-order chi connectivity index (χ1) is 6.31. The van der Waals surface area contributed by atoms with Gasteiger partial charge in [-0.15, -0.1) is 0 Å². The van der Waals surface area contributed by atoms with E-state index in [1.54, 1.807) is 0 Å². The molecule has 0 rings (SSSR count). The maximum atomic E-state index is 10.6. The van der Waals surface area contributed by atoms with Crippen molar-refractivity contribution >= 4 is 15.7 Å². The highest BCUT2D eigenvalue weighted by atomic mass is 28.2. The predicted octanol–water partition coefficient (Wildman–Crippen LogP) is 1.57. The van der Waals surface area contributed by atoms with Crippen LogP contribution >= 0.6 is 0 Å². The maximum Gasteiger partial charge on any atom is 0.330 e. The molecule has 0 heterocycles. The van der Waals surface area contributed by atoms with Crippen molar-refractivity contribution in [3.8, 4) is 0 Å². The van der Waals surface area contributed by atoms with E-state index >= 15 is 0 Å². The van der Waals surface area contributed by atoms with Crippen molar-refractivity contribution in [3.05, 3.63) is 12.7 Å². The summed E-state index contributed by atoms with van der Waals surface area (Å²) in [5.41, 5.74) is 0. The van der Waals surface area contributed by atoms with E-state index in [-0.39, 0.29) is 5.97 Å². The Bertz CT molecular complexity index is 148. The lowest BCUT2D eigenvalue weighted by Crippen LogP contribution is -2.04. The Morgan fingerprint density at radius 1 is 1.54 bits per heavy atom. The highest BCUT2D eigenvalue weighted by Gasteiger charge is 1.95. The van der Waals surface area contributed by atoms with E-state index in [1.807, 2.05) is 0 Å². The zero-order valence-electron chi connectivity index (χ0n) is 8.04. The van der Waals surface area contributed by atoms with Crippen LogP contribution < -0.4 is 0 Å². The predicted molar refractivity (Wildman–Crippen MR) is 52.6 cm³/mol. The van der Waals surface area contributed by atoms with Gasteiger partial charge in [-0.3, -0.25) is 0 Å². The number of ether oxygens (including phenoxy) is 1. The summed E-state index contributed by atoms with van der Waals surface area (Å²) in [4.78, 5) is 10.6. The van der Waals surface area contributed by atoms with E-state index in [9.17, 15) is 4.79 Å². The second-order valence-electron chi connectivity index (χ2n) is 2.47. The summed E-state index contributed by atoms with van der Waals surface area (Å²) in [6.45, 7) is 6.67. The smallest absolute Gasteiger partial charge is 0.330 e. The number of hydrogen-bond acceptors (Lipinski definition) is 3. The molecule has 13 heavy (non-hydrogen) atoms. The van der Waals surface area contributed by atoms with Crippen LogP contribution in [0.1, 0.15) is 19.8 Å². The fraction of sp³-hybridized carbons (Fsp3) is 0.667. The van der Waals surface area contributed by atoms with Gasteiger partial charge in [0.25, 0.3) is 0 Å². The summed E-state index contributed by atoms with van der Waals surface area (Å²) >= 11 is 0. The molecule has 4 heteroatoms. The van der Waals surface area contributed by atoms with Crippen LogP contribution in [0.15, 0.2) is 12.7 Å². The molecule has 0 N–H and O–H groups in total. The fourth-order valence-corrected chi connectivity index (χ4v) is 1.40. The molecule has 0 aliphatic rings. The van der Waals surface area contributed by atoms with Gasteiger partial charge in [-0.1, -0.05) is 13.5 Å². The van der Waals surface area contributed by atoms with Gasteiger partial charge in [-0.05, 0) is 18.9 Å². The lowest BCUT2D eigenvalue weighted by molar-refractivity contribution is -0.137. The van der Waals surface area contributed by atoms with E-state index in [2.05, 4.69) is 13.5 Å². The van der Waals surface area contributed by atoms with E-state index in [4.69, 9.17) is 9.16 Å². The van der Waals surface area contributed by atoms with Gasteiger partial charge in [-0.2, -0.15) is 0 Å². The summed E-state index contributed by atoms with van der Waals surface area (Å²) < 4.78 is 10.1. The fourth-order valence-electron chi connectivity index (χ4n) is 0.622. The number of rotatable bonds is 8. The van der Waals surface area contributed by atoms with Crippen LogP contribution in [-0.4, -0.2) is 28.9 Å². The molecule has 0 saturated heterocycles. The Balaban J connectivity index is 2.99. The van der Waals surface area contributed by atoms with Crippen molar-refractivity contribution in [3.63, 3.8) is 0 Å². The van der Waals surface area contributed by atoms with Crippen molar-refractivity contribution < 1.29 is 14.0 Å². The van der Waals surface area contributed by atoms with Crippen LogP contribution in [0.3, 0.4) is 0 Å². The van der Waals surface area contributed by atoms with Gasteiger partial charge in [0, 0.05) is 12.7 Å². The van der Waals surface area contributed by atoms with Crippen molar-refractivity contribution in [1.82, 2.24) is 0 Å². The molecule has 2 radical (unpaired) electrons. The number of carbonyl (C=O) groups excluding carboxylic acids is 1. The first-order valence-corrected chi connectivity index (χ1v) is 5.56. The minimum absolute atomic E-state index is 0.349. The second kappa shape index (κ2) is 9.47. The van der Waals surface area contributed by atoms with Crippen LogP contribution in [-0.2, 0) is 14.0 Å². The van der Waals surface area contributed by atoms with Gasteiger partial charge < -0.3 is 9.16 Å². The molecule has 74 valence electrons. The van der Waals surface area contributed by atoms with Crippen LogP contribution in [0.25, 0.3) is 0 Å². The summed E-state index contributed by atoms with van der Waals surface area (Å²) in [6.07, 6.45) is 3.09. The molecule has 0 aromatic carbocycles. The Morgan fingerprint density at radius 3 is 2.92 bits per heavy atom. The second-order valence-corrected chi connectivity index (χ2v) is 3.55. The standard InChI is InChI=1S/C9H16O3Si/c1-3-6-12-13-8-5-7-11-9(10)4-2/h4H,2-3,5-8H2,1H3. The average molecular weight is 200 g/mol. The zero-order chi connectivity index (χ0) is 9.94. The van der Waals surface area contributed by atoms with Gasteiger partial charge in [-0.25, -0.2) is 4.79 Å². The molecule has 0 aromatic rings. The molecule has 0 unspecified atom stereocenters. The minimum Gasteiger partial charge on any atom is -0.463 e. The SMILES string of the molecule is C=CC(=O)OCCC[Si]OCCC. The number of carbonyl (C=O) groups is 1. The van der Waals surface area contributed by atoms with Gasteiger partial charge in [0.2, 0.25) is 9.76 Å². The molecule has 0 saturated carbocycles. The average Bonchev–Trinajstić information content (AvgIpc) is 2.16. The Morgan fingerprint density at radius 2 is 2.31 bits per heavy atom. The lowest BCUT2D eigenvalue weighted by atomic mass is 10.5. The van der Waals surface area contributed by atoms with Gasteiger partial charge in [0.05, 0.1) is 6.61 Å². The Labute approximate surface area is 82.1 Å². The van der Waals surface area contributed by atoms with E-state index in [0.717, 1.165) is 25.5 Å². The molecule has 3 nitrogen and oxygen atoms in total. The molecule has 0 amide bonds. The van der Waals surface area contributed by atoms with Gasteiger partial charge >= 0.3 is 5.97 Å². The van der Waals surface area contributed by atoms with Crippen molar-refractivity contribution in [1.29, 1.82) is 0 Å². The molecule has 0 fully saturated rings. The maximum absolute atomic E-state index is 10.6. The molecule has 0 spiro atoms. The highest BCUT2D eigenvalue weighted by molar-refractivity contribution is 6.26. The number of hydrogen-bond donors (Lipinski definition) is 0. The van der Waals surface area contributed by atoms with Crippen molar-refractivity contribution in [2.45, 2.75) is 25.8 Å². The molecule has 0 atom stereocenters.